The lowest BCUT2D eigenvalue weighted by atomic mass is 10.2. The van der Waals surface area contributed by atoms with Gasteiger partial charge >= 0.3 is 0 Å². The Morgan fingerprint density at radius 2 is 2.20 bits per heavy atom. The van der Waals surface area contributed by atoms with E-state index >= 15 is 0 Å². The lowest BCUT2D eigenvalue weighted by molar-refractivity contribution is 0.102. The summed E-state index contributed by atoms with van der Waals surface area (Å²) in [5.41, 5.74) is 2.02. The molecule has 0 bridgehead atoms. The zero-order valence-electron chi connectivity index (χ0n) is 11.3. The smallest absolute Gasteiger partial charge is 0.261 e. The van der Waals surface area contributed by atoms with Crippen molar-refractivity contribution in [3.05, 3.63) is 52.7 Å². The van der Waals surface area contributed by atoms with Crippen LogP contribution in [0.4, 0.5) is 5.69 Å². The molecule has 0 fully saturated rings. The minimum Gasteiger partial charge on any atom is -0.477 e. The van der Waals surface area contributed by atoms with E-state index in [1.54, 1.807) is 36.5 Å². The predicted molar refractivity (Wildman–Crippen MR) is 79.5 cm³/mol. The van der Waals surface area contributed by atoms with Crippen molar-refractivity contribution in [1.29, 1.82) is 0 Å². The van der Waals surface area contributed by atoms with Gasteiger partial charge < -0.3 is 10.1 Å². The van der Waals surface area contributed by atoms with E-state index in [9.17, 15) is 4.79 Å². The van der Waals surface area contributed by atoms with Crippen LogP contribution in [0.15, 0.2) is 36.5 Å². The number of ether oxygens (including phenoxy) is 1. The van der Waals surface area contributed by atoms with Crippen LogP contribution in [0.2, 0.25) is 5.02 Å². The van der Waals surface area contributed by atoms with Crippen molar-refractivity contribution in [3.63, 3.8) is 0 Å². The van der Waals surface area contributed by atoms with Gasteiger partial charge in [0.05, 0.1) is 6.61 Å². The Morgan fingerprint density at radius 3 is 2.90 bits per heavy atom. The number of carbonyl (C=O) groups is 1. The number of carbonyl (C=O) groups excluding carboxylic acids is 1. The first-order valence-corrected chi connectivity index (χ1v) is 6.65. The van der Waals surface area contributed by atoms with Gasteiger partial charge in [0.15, 0.2) is 0 Å². The molecule has 1 aromatic carbocycles. The van der Waals surface area contributed by atoms with E-state index in [0.717, 1.165) is 5.56 Å². The average Bonchev–Trinajstić information content (AvgIpc) is 2.43. The Bertz CT molecular complexity index is 629. The van der Waals surface area contributed by atoms with E-state index < -0.39 is 0 Å². The van der Waals surface area contributed by atoms with Crippen LogP contribution in [0.1, 0.15) is 22.8 Å². The van der Waals surface area contributed by atoms with E-state index in [4.69, 9.17) is 16.3 Å². The molecule has 1 amide bonds. The Morgan fingerprint density at radius 1 is 1.40 bits per heavy atom. The third-order valence-corrected chi connectivity index (χ3v) is 2.97. The van der Waals surface area contributed by atoms with Crippen molar-refractivity contribution in [3.8, 4) is 5.88 Å². The molecule has 1 aromatic heterocycles. The van der Waals surface area contributed by atoms with Crippen LogP contribution in [-0.4, -0.2) is 17.5 Å². The van der Waals surface area contributed by atoms with Gasteiger partial charge in [-0.2, -0.15) is 0 Å². The van der Waals surface area contributed by atoms with Gasteiger partial charge in [0.25, 0.3) is 5.91 Å². The standard InChI is InChI=1S/C15H15ClN2O2/c1-3-20-15-12(5-4-8-17-15)14(19)18-13-7-6-11(16)9-10(13)2/h4-9H,3H2,1-2H3,(H,18,19). The van der Waals surface area contributed by atoms with E-state index in [2.05, 4.69) is 10.3 Å². The summed E-state index contributed by atoms with van der Waals surface area (Å²) in [6, 6.07) is 8.68. The number of anilines is 1. The van der Waals surface area contributed by atoms with Crippen molar-refractivity contribution in [1.82, 2.24) is 4.98 Å². The number of hydrogen-bond acceptors (Lipinski definition) is 3. The maximum absolute atomic E-state index is 12.3. The minimum atomic E-state index is -0.257. The summed E-state index contributed by atoms with van der Waals surface area (Å²) in [6.45, 7) is 4.19. The molecule has 0 radical (unpaired) electrons. The molecule has 5 heteroatoms. The number of benzene rings is 1. The fraction of sp³-hybridized carbons (Fsp3) is 0.200. The highest BCUT2D eigenvalue weighted by Crippen LogP contribution is 2.22. The Balaban J connectivity index is 2.24. The molecule has 2 aromatic rings. The second-order valence-electron chi connectivity index (χ2n) is 4.20. The monoisotopic (exact) mass is 290 g/mol. The summed E-state index contributed by atoms with van der Waals surface area (Å²) in [7, 11) is 0. The topological polar surface area (TPSA) is 51.2 Å². The van der Waals surface area contributed by atoms with Crippen LogP contribution in [0.3, 0.4) is 0 Å². The zero-order chi connectivity index (χ0) is 14.5. The molecule has 0 unspecified atom stereocenters. The molecule has 4 nitrogen and oxygen atoms in total. The number of amides is 1. The molecule has 0 saturated carbocycles. The Kier molecular flexibility index (Phi) is 4.58. The van der Waals surface area contributed by atoms with Crippen molar-refractivity contribution < 1.29 is 9.53 Å². The highest BCUT2D eigenvalue weighted by molar-refractivity contribution is 6.30. The maximum atomic E-state index is 12.3. The molecule has 0 aliphatic rings. The van der Waals surface area contributed by atoms with E-state index in [1.165, 1.54) is 0 Å². The predicted octanol–water partition coefficient (Wildman–Crippen LogP) is 3.69. The third kappa shape index (κ3) is 3.27. The number of aryl methyl sites for hydroxylation is 1. The molecule has 2 rings (SSSR count). The normalized spacial score (nSPS) is 10.2. The van der Waals surface area contributed by atoms with Crippen molar-refractivity contribution >= 4 is 23.2 Å². The number of nitrogens with zero attached hydrogens (tertiary/aromatic N) is 1. The minimum absolute atomic E-state index is 0.257. The first-order valence-electron chi connectivity index (χ1n) is 6.27. The molecular weight excluding hydrogens is 276 g/mol. The summed E-state index contributed by atoms with van der Waals surface area (Å²) in [5, 5.41) is 3.47. The SMILES string of the molecule is CCOc1ncccc1C(=O)Nc1ccc(Cl)cc1C. The first-order chi connectivity index (χ1) is 9.61. The van der Waals surface area contributed by atoms with Gasteiger partial charge in [-0.25, -0.2) is 4.98 Å². The van der Waals surface area contributed by atoms with Gasteiger partial charge in [-0.3, -0.25) is 4.79 Å². The molecule has 0 aliphatic carbocycles. The molecule has 104 valence electrons. The summed E-state index contributed by atoms with van der Waals surface area (Å²) in [4.78, 5) is 16.3. The molecule has 0 atom stereocenters. The zero-order valence-corrected chi connectivity index (χ0v) is 12.1. The number of nitrogens with one attached hydrogen (secondary N) is 1. The van der Waals surface area contributed by atoms with Crippen LogP contribution < -0.4 is 10.1 Å². The number of rotatable bonds is 4. The number of aromatic nitrogens is 1. The van der Waals surface area contributed by atoms with Crippen LogP contribution in [0, 0.1) is 6.92 Å². The van der Waals surface area contributed by atoms with Gasteiger partial charge in [0.2, 0.25) is 5.88 Å². The van der Waals surface area contributed by atoms with E-state index in [-0.39, 0.29) is 5.91 Å². The molecule has 1 heterocycles. The van der Waals surface area contributed by atoms with E-state index in [0.29, 0.717) is 28.8 Å². The van der Waals surface area contributed by atoms with Gasteiger partial charge in [-0.15, -0.1) is 0 Å². The van der Waals surface area contributed by atoms with Crippen molar-refractivity contribution in [2.75, 3.05) is 11.9 Å². The fourth-order valence-corrected chi connectivity index (χ4v) is 2.00. The van der Waals surface area contributed by atoms with Gasteiger partial charge in [-0.1, -0.05) is 11.6 Å². The van der Waals surface area contributed by atoms with Crippen LogP contribution in [-0.2, 0) is 0 Å². The number of hydrogen-bond donors (Lipinski definition) is 1. The second kappa shape index (κ2) is 6.39. The summed E-state index contributed by atoms with van der Waals surface area (Å²) >= 11 is 5.89. The molecular formula is C15H15ClN2O2. The number of halogens is 1. The largest absolute Gasteiger partial charge is 0.477 e. The van der Waals surface area contributed by atoms with Crippen molar-refractivity contribution in [2.24, 2.45) is 0 Å². The van der Waals surface area contributed by atoms with Crippen molar-refractivity contribution in [2.45, 2.75) is 13.8 Å². The maximum Gasteiger partial charge on any atom is 0.261 e. The molecule has 1 N–H and O–H groups in total. The van der Waals surface area contributed by atoms with Gasteiger partial charge in [0, 0.05) is 16.9 Å². The van der Waals surface area contributed by atoms with Gasteiger partial charge in [-0.05, 0) is 49.7 Å². The Hall–Kier alpha value is -2.07. The lowest BCUT2D eigenvalue weighted by Gasteiger charge is -2.11. The third-order valence-electron chi connectivity index (χ3n) is 2.73. The molecule has 0 spiro atoms. The number of pyridine rings is 1. The summed E-state index contributed by atoms with van der Waals surface area (Å²) in [5.74, 6) is 0.0751. The fourth-order valence-electron chi connectivity index (χ4n) is 1.77. The molecule has 0 aliphatic heterocycles. The van der Waals surface area contributed by atoms with E-state index in [1.807, 2.05) is 13.8 Å². The first kappa shape index (κ1) is 14.3. The second-order valence-corrected chi connectivity index (χ2v) is 4.64. The quantitative estimate of drug-likeness (QED) is 0.934. The molecule has 20 heavy (non-hydrogen) atoms. The summed E-state index contributed by atoms with van der Waals surface area (Å²) in [6.07, 6.45) is 1.59. The average molecular weight is 291 g/mol. The highest BCUT2D eigenvalue weighted by atomic mass is 35.5. The highest BCUT2D eigenvalue weighted by Gasteiger charge is 2.14. The lowest BCUT2D eigenvalue weighted by Crippen LogP contribution is -2.15. The van der Waals surface area contributed by atoms with Gasteiger partial charge in [0.1, 0.15) is 5.56 Å². The van der Waals surface area contributed by atoms with Crippen LogP contribution in [0.25, 0.3) is 0 Å². The van der Waals surface area contributed by atoms with Crippen LogP contribution >= 0.6 is 11.6 Å². The molecule has 0 saturated heterocycles. The summed E-state index contributed by atoms with van der Waals surface area (Å²) < 4.78 is 5.35. The van der Waals surface area contributed by atoms with Crippen LogP contribution in [0.5, 0.6) is 5.88 Å². The Labute approximate surface area is 122 Å².